The Labute approximate surface area is 119 Å². The standard InChI is InChI=1S/C13H20ClN3OSi/c1-10-7-15-13(14)11-8-16-17(12(10)11)9-18-5-6-19(2,3)4/h7-8H,5-6,9H2,1-4H3. The lowest BCUT2D eigenvalue weighted by atomic mass is 10.2. The molecule has 2 rings (SSSR count). The number of pyridine rings is 1. The maximum atomic E-state index is 6.06. The molecule has 0 radical (unpaired) electrons. The summed E-state index contributed by atoms with van der Waals surface area (Å²) < 4.78 is 7.58. The van der Waals surface area contributed by atoms with Gasteiger partial charge in [-0.1, -0.05) is 31.2 Å². The summed E-state index contributed by atoms with van der Waals surface area (Å²) in [6.07, 6.45) is 3.52. The number of halogens is 1. The van der Waals surface area contributed by atoms with E-state index in [1.807, 2.05) is 11.6 Å². The van der Waals surface area contributed by atoms with Crippen LogP contribution >= 0.6 is 11.6 Å². The molecule has 4 nitrogen and oxygen atoms in total. The molecule has 0 spiro atoms. The van der Waals surface area contributed by atoms with Gasteiger partial charge in [-0.05, 0) is 18.5 Å². The zero-order valence-corrected chi connectivity index (χ0v) is 13.7. The van der Waals surface area contributed by atoms with Gasteiger partial charge >= 0.3 is 0 Å². The molecule has 0 unspecified atom stereocenters. The van der Waals surface area contributed by atoms with E-state index < -0.39 is 8.07 Å². The third-order valence-electron chi connectivity index (χ3n) is 3.02. The summed E-state index contributed by atoms with van der Waals surface area (Å²) in [5, 5.41) is 5.71. The first kappa shape index (κ1) is 14.5. The molecule has 0 fully saturated rings. The highest BCUT2D eigenvalue weighted by Crippen LogP contribution is 2.23. The average Bonchev–Trinajstić information content (AvgIpc) is 2.73. The van der Waals surface area contributed by atoms with Crippen LogP contribution in [-0.4, -0.2) is 29.4 Å². The lowest BCUT2D eigenvalue weighted by Crippen LogP contribution is -2.22. The smallest absolute Gasteiger partial charge is 0.140 e. The van der Waals surface area contributed by atoms with Crippen molar-refractivity contribution >= 4 is 30.6 Å². The molecule has 6 heteroatoms. The number of ether oxygens (including phenoxy) is 1. The predicted octanol–water partition coefficient (Wildman–Crippen LogP) is 3.71. The van der Waals surface area contributed by atoms with Crippen LogP contribution in [0.5, 0.6) is 0 Å². The van der Waals surface area contributed by atoms with Crippen LogP contribution in [0.4, 0.5) is 0 Å². The van der Waals surface area contributed by atoms with Crippen LogP contribution in [0.25, 0.3) is 10.9 Å². The molecule has 0 aliphatic rings. The maximum Gasteiger partial charge on any atom is 0.140 e. The summed E-state index contributed by atoms with van der Waals surface area (Å²) >= 11 is 6.06. The second-order valence-corrected chi connectivity index (χ2v) is 12.0. The van der Waals surface area contributed by atoms with E-state index >= 15 is 0 Å². The summed E-state index contributed by atoms with van der Waals surface area (Å²) in [5.41, 5.74) is 2.07. The van der Waals surface area contributed by atoms with E-state index in [0.717, 1.165) is 29.1 Å². The molecule has 0 aliphatic carbocycles. The molecule has 2 aromatic rings. The highest BCUT2D eigenvalue weighted by Gasteiger charge is 2.13. The van der Waals surface area contributed by atoms with Crippen LogP contribution in [0.15, 0.2) is 12.4 Å². The third kappa shape index (κ3) is 3.55. The highest BCUT2D eigenvalue weighted by molar-refractivity contribution is 6.76. The van der Waals surface area contributed by atoms with Crippen molar-refractivity contribution in [3.05, 3.63) is 23.1 Å². The number of hydrogen-bond acceptors (Lipinski definition) is 3. The molecule has 0 amide bonds. The van der Waals surface area contributed by atoms with Crippen LogP contribution in [0.3, 0.4) is 0 Å². The van der Waals surface area contributed by atoms with Gasteiger partial charge in [0.05, 0.1) is 17.1 Å². The quantitative estimate of drug-likeness (QED) is 0.480. The molecule has 0 aromatic carbocycles. The zero-order chi connectivity index (χ0) is 14.0. The first-order valence-electron chi connectivity index (χ1n) is 6.43. The number of hydrogen-bond donors (Lipinski definition) is 0. The number of aryl methyl sites for hydroxylation is 1. The van der Waals surface area contributed by atoms with Crippen molar-refractivity contribution in [3.8, 4) is 0 Å². The molecule has 0 saturated carbocycles. The number of rotatable bonds is 5. The van der Waals surface area contributed by atoms with Crippen molar-refractivity contribution in [2.24, 2.45) is 0 Å². The Morgan fingerprint density at radius 3 is 2.74 bits per heavy atom. The minimum Gasteiger partial charge on any atom is -0.360 e. The molecule has 0 saturated heterocycles. The van der Waals surface area contributed by atoms with Crippen molar-refractivity contribution in [2.45, 2.75) is 39.3 Å². The van der Waals surface area contributed by atoms with E-state index in [9.17, 15) is 0 Å². The van der Waals surface area contributed by atoms with Gasteiger partial charge < -0.3 is 4.74 Å². The van der Waals surface area contributed by atoms with Gasteiger partial charge in [-0.25, -0.2) is 9.67 Å². The maximum absolute atomic E-state index is 6.06. The van der Waals surface area contributed by atoms with Gasteiger partial charge in [0.1, 0.15) is 11.9 Å². The number of aromatic nitrogens is 3. The van der Waals surface area contributed by atoms with E-state index in [-0.39, 0.29) is 0 Å². The summed E-state index contributed by atoms with van der Waals surface area (Å²) in [7, 11) is -1.04. The Hall–Kier alpha value is -0.913. The molecule has 0 bridgehead atoms. The van der Waals surface area contributed by atoms with Crippen molar-refractivity contribution in [1.29, 1.82) is 0 Å². The fourth-order valence-electron chi connectivity index (χ4n) is 1.86. The topological polar surface area (TPSA) is 39.9 Å². The van der Waals surface area contributed by atoms with Gasteiger partial charge in [0.2, 0.25) is 0 Å². The second kappa shape index (κ2) is 5.61. The zero-order valence-electron chi connectivity index (χ0n) is 11.9. The van der Waals surface area contributed by atoms with Gasteiger partial charge in [0.15, 0.2) is 0 Å². The number of nitrogens with zero attached hydrogens (tertiary/aromatic N) is 3. The van der Waals surface area contributed by atoms with Gasteiger partial charge in [0, 0.05) is 20.9 Å². The summed E-state index contributed by atoms with van der Waals surface area (Å²) in [4.78, 5) is 4.13. The Morgan fingerprint density at radius 1 is 1.32 bits per heavy atom. The SMILES string of the molecule is Cc1cnc(Cl)c2cnn(COCC[Si](C)(C)C)c12. The Morgan fingerprint density at radius 2 is 2.05 bits per heavy atom. The predicted molar refractivity (Wildman–Crippen MR) is 81.4 cm³/mol. The normalized spacial score (nSPS) is 12.3. The van der Waals surface area contributed by atoms with Crippen LogP contribution in [-0.2, 0) is 11.5 Å². The molecule has 104 valence electrons. The molecule has 19 heavy (non-hydrogen) atoms. The Bertz CT molecular complexity index is 577. The van der Waals surface area contributed by atoms with E-state index in [1.54, 1.807) is 12.4 Å². The lowest BCUT2D eigenvalue weighted by Gasteiger charge is -2.15. The summed E-state index contributed by atoms with van der Waals surface area (Å²) in [6.45, 7) is 10.3. The van der Waals surface area contributed by atoms with Gasteiger partial charge in [-0.2, -0.15) is 5.10 Å². The van der Waals surface area contributed by atoms with E-state index in [1.165, 1.54) is 0 Å². The fourth-order valence-corrected chi connectivity index (χ4v) is 2.81. The van der Waals surface area contributed by atoms with Crippen molar-refractivity contribution in [1.82, 2.24) is 14.8 Å². The lowest BCUT2D eigenvalue weighted by molar-refractivity contribution is 0.0816. The minimum atomic E-state index is -1.04. The fraction of sp³-hybridized carbons (Fsp3) is 0.538. The van der Waals surface area contributed by atoms with Crippen molar-refractivity contribution < 1.29 is 4.74 Å². The van der Waals surface area contributed by atoms with Crippen LogP contribution in [0.2, 0.25) is 30.8 Å². The van der Waals surface area contributed by atoms with Crippen molar-refractivity contribution in [2.75, 3.05) is 6.61 Å². The Balaban J connectivity index is 2.08. The molecular weight excluding hydrogens is 278 g/mol. The monoisotopic (exact) mass is 297 g/mol. The van der Waals surface area contributed by atoms with Crippen molar-refractivity contribution in [3.63, 3.8) is 0 Å². The summed E-state index contributed by atoms with van der Waals surface area (Å²) in [5.74, 6) is 0. The van der Waals surface area contributed by atoms with Gasteiger partial charge in [0.25, 0.3) is 0 Å². The van der Waals surface area contributed by atoms with Crippen LogP contribution in [0.1, 0.15) is 5.56 Å². The second-order valence-electron chi connectivity index (χ2n) is 5.99. The van der Waals surface area contributed by atoms with Gasteiger partial charge in [-0.3, -0.25) is 0 Å². The van der Waals surface area contributed by atoms with E-state index in [2.05, 4.69) is 29.7 Å². The third-order valence-corrected chi connectivity index (χ3v) is 5.02. The first-order chi connectivity index (χ1) is 8.88. The molecule has 0 N–H and O–H groups in total. The minimum absolute atomic E-state index is 0.467. The largest absolute Gasteiger partial charge is 0.360 e. The Kier molecular flexibility index (Phi) is 4.28. The molecule has 2 aromatic heterocycles. The van der Waals surface area contributed by atoms with E-state index in [0.29, 0.717) is 11.9 Å². The van der Waals surface area contributed by atoms with Gasteiger partial charge in [-0.15, -0.1) is 0 Å². The average molecular weight is 298 g/mol. The van der Waals surface area contributed by atoms with Crippen LogP contribution in [0, 0.1) is 6.92 Å². The number of fused-ring (bicyclic) bond motifs is 1. The molecular formula is C13H20ClN3OSi. The molecule has 0 aliphatic heterocycles. The van der Waals surface area contributed by atoms with Crippen LogP contribution < -0.4 is 0 Å². The molecule has 2 heterocycles. The summed E-state index contributed by atoms with van der Waals surface area (Å²) in [6, 6.07) is 1.16. The first-order valence-corrected chi connectivity index (χ1v) is 10.5. The van der Waals surface area contributed by atoms with E-state index in [4.69, 9.17) is 16.3 Å². The highest BCUT2D eigenvalue weighted by atomic mass is 35.5. The molecule has 0 atom stereocenters.